The van der Waals surface area contributed by atoms with Crippen molar-refractivity contribution in [1.82, 2.24) is 9.88 Å². The molecular weight excluding hydrogens is 505 g/mol. The van der Waals surface area contributed by atoms with Crippen LogP contribution < -0.4 is 9.47 Å². The van der Waals surface area contributed by atoms with Gasteiger partial charge in [-0.05, 0) is 43.0 Å². The molecule has 0 saturated heterocycles. The molecule has 0 bridgehead atoms. The average molecular weight is 534 g/mol. The Balaban J connectivity index is 0.00000324. The Bertz CT molecular complexity index is 1250. The summed E-state index contributed by atoms with van der Waals surface area (Å²) in [5.41, 5.74) is 3.13. The second kappa shape index (κ2) is 9.74. The Labute approximate surface area is 208 Å². The monoisotopic (exact) mass is 533 g/mol. The molecule has 1 aliphatic rings. The zero-order chi connectivity index (χ0) is 23.9. The van der Waals surface area contributed by atoms with Crippen LogP contribution in [0.15, 0.2) is 29.0 Å². The predicted molar refractivity (Wildman–Crippen MR) is 133 cm³/mol. The third-order valence-corrected chi connectivity index (χ3v) is 5.67. The van der Waals surface area contributed by atoms with Crippen LogP contribution in [0.3, 0.4) is 0 Å². The summed E-state index contributed by atoms with van der Waals surface area (Å²) in [6, 6.07) is 5.22. The number of rotatable bonds is 7. The van der Waals surface area contributed by atoms with Crippen molar-refractivity contribution in [2.75, 3.05) is 19.8 Å². The van der Waals surface area contributed by atoms with E-state index in [4.69, 9.17) is 19.3 Å². The Hall–Kier alpha value is -2.94. The number of aromatic nitrogens is 1. The summed E-state index contributed by atoms with van der Waals surface area (Å²) >= 11 is 0. The molecule has 7 nitrogen and oxygen atoms in total. The fourth-order valence-corrected chi connectivity index (χ4v) is 4.11. The highest BCUT2D eigenvalue weighted by atomic mass is 79.9. The van der Waals surface area contributed by atoms with E-state index in [1.165, 1.54) is 6.39 Å². The third-order valence-electron chi connectivity index (χ3n) is 5.67. The first kappa shape index (κ1) is 25.7. The van der Waals surface area contributed by atoms with Gasteiger partial charge < -0.3 is 18.8 Å². The van der Waals surface area contributed by atoms with Gasteiger partial charge in [0.05, 0.1) is 25.3 Å². The van der Waals surface area contributed by atoms with Crippen LogP contribution in [0.4, 0.5) is 4.39 Å². The third kappa shape index (κ3) is 4.53. The maximum Gasteiger partial charge on any atom is 0.197 e. The lowest BCUT2D eigenvalue weighted by molar-refractivity contribution is 0.0962. The number of halogens is 2. The first-order valence-electron chi connectivity index (χ1n) is 11.0. The van der Waals surface area contributed by atoms with Crippen LogP contribution in [0.1, 0.15) is 61.7 Å². The fourth-order valence-electron chi connectivity index (χ4n) is 4.11. The fraction of sp³-hybridized carbons (Fsp3) is 0.400. The first-order chi connectivity index (χ1) is 15.7. The number of hydrogen-bond acceptors (Lipinski definition) is 6. The average Bonchev–Trinajstić information content (AvgIpc) is 3.34. The second-order valence-corrected chi connectivity index (χ2v) is 9.02. The van der Waals surface area contributed by atoms with Gasteiger partial charge in [-0.3, -0.25) is 10.2 Å². The topological polar surface area (TPSA) is 88.7 Å². The van der Waals surface area contributed by atoms with E-state index in [-0.39, 0.29) is 65.0 Å². The van der Waals surface area contributed by atoms with E-state index in [1.54, 1.807) is 24.0 Å². The summed E-state index contributed by atoms with van der Waals surface area (Å²) in [5.74, 6) is -0.543. The molecule has 1 aliphatic heterocycles. The van der Waals surface area contributed by atoms with Gasteiger partial charge in [-0.25, -0.2) is 9.37 Å². The number of Topliss-reactive ketones (excluding diaryl/α,β-unsaturated/α-hetero) is 1. The highest BCUT2D eigenvalue weighted by Crippen LogP contribution is 2.39. The van der Waals surface area contributed by atoms with Gasteiger partial charge in [-0.1, -0.05) is 20.8 Å². The molecule has 0 unspecified atom stereocenters. The number of hydrogen-bond donors (Lipinski definition) is 1. The minimum atomic E-state index is -0.628. The normalized spacial score (nSPS) is 13.1. The number of fused-ring (bicyclic) bond motifs is 2. The van der Waals surface area contributed by atoms with Crippen LogP contribution in [0.2, 0.25) is 0 Å². The van der Waals surface area contributed by atoms with Crippen LogP contribution in [-0.4, -0.2) is 41.3 Å². The van der Waals surface area contributed by atoms with Gasteiger partial charge in [0, 0.05) is 17.7 Å². The van der Waals surface area contributed by atoms with Crippen molar-refractivity contribution in [3.63, 3.8) is 0 Å². The van der Waals surface area contributed by atoms with Gasteiger partial charge in [0.2, 0.25) is 0 Å². The van der Waals surface area contributed by atoms with E-state index in [2.05, 4.69) is 4.98 Å². The van der Waals surface area contributed by atoms with Crippen molar-refractivity contribution in [3.8, 4) is 11.5 Å². The Kier molecular flexibility index (Phi) is 7.35. The summed E-state index contributed by atoms with van der Waals surface area (Å²) in [4.78, 5) is 19.0. The zero-order valence-corrected chi connectivity index (χ0v) is 21.7. The number of ketones is 1. The van der Waals surface area contributed by atoms with Crippen molar-refractivity contribution < 1.29 is 23.1 Å². The van der Waals surface area contributed by atoms with Gasteiger partial charge in [0.1, 0.15) is 11.4 Å². The van der Waals surface area contributed by atoms with Crippen LogP contribution in [0, 0.1) is 11.2 Å². The summed E-state index contributed by atoms with van der Waals surface area (Å²) in [5, 5.41) is 8.54. The summed E-state index contributed by atoms with van der Waals surface area (Å²) < 4.78 is 31.8. The highest BCUT2D eigenvalue weighted by Gasteiger charge is 2.33. The van der Waals surface area contributed by atoms with Crippen molar-refractivity contribution in [2.45, 2.75) is 46.6 Å². The Morgan fingerprint density at radius 2 is 1.91 bits per heavy atom. The van der Waals surface area contributed by atoms with Crippen molar-refractivity contribution >= 4 is 39.7 Å². The molecule has 4 rings (SSSR count). The van der Waals surface area contributed by atoms with Gasteiger partial charge in [-0.2, -0.15) is 0 Å². The number of nitrogens with one attached hydrogen (secondary N) is 1. The molecule has 34 heavy (non-hydrogen) atoms. The van der Waals surface area contributed by atoms with Gasteiger partial charge in [-0.15, -0.1) is 17.0 Å². The number of carbonyl (C=O) groups is 1. The number of ether oxygens (including phenoxy) is 2. The van der Waals surface area contributed by atoms with E-state index in [9.17, 15) is 4.79 Å². The smallest absolute Gasteiger partial charge is 0.197 e. The van der Waals surface area contributed by atoms with E-state index in [0.29, 0.717) is 34.6 Å². The highest BCUT2D eigenvalue weighted by molar-refractivity contribution is 8.93. The largest absolute Gasteiger partial charge is 0.490 e. The summed E-state index contributed by atoms with van der Waals surface area (Å²) in [6.07, 6.45) is 1.37. The maximum absolute atomic E-state index is 15.3. The summed E-state index contributed by atoms with van der Waals surface area (Å²) in [6.45, 7) is 10.5. The van der Waals surface area contributed by atoms with Crippen LogP contribution >= 0.6 is 17.0 Å². The maximum atomic E-state index is 15.3. The lowest BCUT2D eigenvalue weighted by atomic mass is 9.85. The minimum absolute atomic E-state index is 0. The molecule has 182 valence electrons. The van der Waals surface area contributed by atoms with Crippen LogP contribution in [0.25, 0.3) is 11.1 Å². The molecule has 0 spiro atoms. The summed E-state index contributed by atoms with van der Waals surface area (Å²) in [7, 11) is 0. The lowest BCUT2D eigenvalue weighted by Gasteiger charge is -2.21. The van der Waals surface area contributed by atoms with Gasteiger partial charge >= 0.3 is 0 Å². The Morgan fingerprint density at radius 1 is 1.21 bits per heavy atom. The molecule has 1 aromatic heterocycles. The number of benzene rings is 2. The van der Waals surface area contributed by atoms with E-state index >= 15 is 4.39 Å². The molecule has 3 aromatic rings. The molecule has 0 radical (unpaired) electrons. The van der Waals surface area contributed by atoms with Crippen molar-refractivity contribution in [2.24, 2.45) is 0 Å². The number of carbonyl (C=O) groups excluding carboxylic acids is 1. The molecule has 1 N–H and O–H groups in total. The van der Waals surface area contributed by atoms with Crippen LogP contribution in [0.5, 0.6) is 11.5 Å². The van der Waals surface area contributed by atoms with E-state index < -0.39 is 5.82 Å². The van der Waals surface area contributed by atoms with Gasteiger partial charge in [0.25, 0.3) is 0 Å². The lowest BCUT2D eigenvalue weighted by Crippen LogP contribution is -2.30. The number of oxazole rings is 1. The SMILES string of the molecule is Br.CCOc1cc2c(c(F)c1OCC)C(=N)N(CC(=O)c1cc(C(C)(C)C)c3ocnc3c1)C2. The number of amidine groups is 1. The van der Waals surface area contributed by atoms with Gasteiger partial charge in [0.15, 0.2) is 35.1 Å². The van der Waals surface area contributed by atoms with E-state index in [1.807, 2.05) is 33.8 Å². The van der Waals surface area contributed by atoms with Crippen molar-refractivity contribution in [3.05, 3.63) is 52.7 Å². The quantitative estimate of drug-likeness (QED) is 0.394. The molecule has 2 heterocycles. The van der Waals surface area contributed by atoms with E-state index in [0.717, 1.165) is 5.56 Å². The van der Waals surface area contributed by atoms with Crippen molar-refractivity contribution in [1.29, 1.82) is 5.41 Å². The standard InChI is InChI=1S/C25H28FN3O4.BrH/c1-6-31-19-10-15-11-29(24(27)20(15)21(26)23(19)32-7-2)12-18(30)14-8-16(25(3,4)5)22-17(9-14)28-13-33-22;/h8-10,13,27H,6-7,11-12H2,1-5H3;1H. The molecular formula is C25H29BrFN3O4. The molecule has 0 saturated carbocycles. The molecule has 2 aromatic carbocycles. The minimum Gasteiger partial charge on any atom is -0.490 e. The Morgan fingerprint density at radius 3 is 2.56 bits per heavy atom. The van der Waals surface area contributed by atoms with Crippen LogP contribution in [-0.2, 0) is 12.0 Å². The first-order valence-corrected chi connectivity index (χ1v) is 11.0. The predicted octanol–water partition coefficient (Wildman–Crippen LogP) is 5.66. The second-order valence-electron chi connectivity index (χ2n) is 9.02. The molecule has 0 aliphatic carbocycles. The molecule has 0 atom stereocenters. The zero-order valence-electron chi connectivity index (χ0n) is 20.0. The molecule has 0 fully saturated rings. The molecule has 9 heteroatoms. The molecule has 0 amide bonds. The number of nitrogens with zero attached hydrogens (tertiary/aromatic N) is 2.